The van der Waals surface area contributed by atoms with Gasteiger partial charge in [0.05, 0.1) is 23.5 Å². The largest absolute Gasteiger partial charge is 0.368 e. The van der Waals surface area contributed by atoms with Crippen LogP contribution in [0.4, 0.5) is 11.4 Å². The van der Waals surface area contributed by atoms with E-state index in [-0.39, 0.29) is 18.0 Å². The highest BCUT2D eigenvalue weighted by Gasteiger charge is 2.31. The van der Waals surface area contributed by atoms with Crippen LogP contribution in [0.3, 0.4) is 0 Å². The van der Waals surface area contributed by atoms with Crippen LogP contribution in [-0.4, -0.2) is 11.9 Å². The van der Waals surface area contributed by atoms with Crippen molar-refractivity contribution in [2.75, 3.05) is 5.01 Å². The maximum absolute atomic E-state index is 7.05. The SMILES string of the molecule is NC(=Nc1ccc2c3c(cccc13)C=C2)NN(C(=NC1Cc2cccc3cccc1c23)NC1Cc2cccc3cccc1c23)c1ccc2c3c(cccc13)C=C2. The molecule has 4 aliphatic carbocycles. The summed E-state index contributed by atoms with van der Waals surface area (Å²) in [6.07, 6.45) is 10.4. The monoisotopic (exact) mass is 720 g/mol. The Labute approximate surface area is 324 Å². The topological polar surface area (TPSA) is 78.0 Å². The van der Waals surface area contributed by atoms with Gasteiger partial charge in [0, 0.05) is 10.8 Å². The van der Waals surface area contributed by atoms with Gasteiger partial charge < -0.3 is 11.1 Å². The molecular weight excluding hydrogens is 685 g/mol. The number of anilines is 1. The van der Waals surface area contributed by atoms with Crippen molar-refractivity contribution in [3.63, 3.8) is 0 Å². The summed E-state index contributed by atoms with van der Waals surface area (Å²) >= 11 is 0. The lowest BCUT2D eigenvalue weighted by molar-refractivity contribution is 0.641. The summed E-state index contributed by atoms with van der Waals surface area (Å²) < 4.78 is 0. The highest BCUT2D eigenvalue weighted by Crippen LogP contribution is 2.42. The van der Waals surface area contributed by atoms with Gasteiger partial charge in [-0.1, -0.05) is 146 Å². The van der Waals surface area contributed by atoms with Gasteiger partial charge in [-0.25, -0.2) is 15.0 Å². The van der Waals surface area contributed by atoms with E-state index in [2.05, 4.69) is 169 Å². The zero-order valence-electron chi connectivity index (χ0n) is 30.5. The third-order valence-corrected chi connectivity index (χ3v) is 12.2. The first-order valence-corrected chi connectivity index (χ1v) is 19.4. The summed E-state index contributed by atoms with van der Waals surface area (Å²) in [6.45, 7) is 0. The smallest absolute Gasteiger partial charge is 0.219 e. The van der Waals surface area contributed by atoms with E-state index in [0.29, 0.717) is 5.96 Å². The number of guanidine groups is 2. The molecular formula is C50H36N6. The number of hydrogen-bond acceptors (Lipinski definition) is 2. The van der Waals surface area contributed by atoms with Crippen molar-refractivity contribution in [2.45, 2.75) is 24.9 Å². The maximum Gasteiger partial charge on any atom is 0.219 e. The summed E-state index contributed by atoms with van der Waals surface area (Å²) in [5.74, 6) is 0.949. The molecule has 0 amide bonds. The molecule has 0 aliphatic heterocycles. The highest BCUT2D eigenvalue weighted by atomic mass is 15.6. The van der Waals surface area contributed by atoms with Gasteiger partial charge in [-0.2, -0.15) is 0 Å². The molecule has 4 N–H and O–H groups in total. The average Bonchev–Trinajstić information content (AvgIpc) is 4.02. The molecule has 0 fully saturated rings. The van der Waals surface area contributed by atoms with Crippen LogP contribution in [0.1, 0.15) is 56.6 Å². The number of aliphatic imine (C=N–C) groups is 2. The predicted octanol–water partition coefficient (Wildman–Crippen LogP) is 10.8. The minimum atomic E-state index is -0.108. The lowest BCUT2D eigenvalue weighted by Gasteiger charge is -2.31. The van der Waals surface area contributed by atoms with E-state index in [9.17, 15) is 0 Å². The molecule has 12 rings (SSSR count). The molecule has 56 heavy (non-hydrogen) atoms. The molecule has 2 unspecified atom stereocenters. The van der Waals surface area contributed by atoms with E-state index >= 15 is 0 Å². The van der Waals surface area contributed by atoms with Gasteiger partial charge in [0.25, 0.3) is 0 Å². The second-order valence-electron chi connectivity index (χ2n) is 15.3. The number of benzene rings is 8. The predicted molar refractivity (Wildman–Crippen MR) is 234 cm³/mol. The number of nitrogens with one attached hydrogen (secondary N) is 2. The van der Waals surface area contributed by atoms with Crippen LogP contribution >= 0.6 is 0 Å². The van der Waals surface area contributed by atoms with Crippen LogP contribution in [0.15, 0.2) is 143 Å². The molecule has 4 aliphatic rings. The molecule has 0 heterocycles. The molecule has 6 nitrogen and oxygen atoms in total. The van der Waals surface area contributed by atoms with Gasteiger partial charge in [-0.15, -0.1) is 0 Å². The molecule has 0 saturated heterocycles. The normalized spacial score (nSPS) is 17.3. The Morgan fingerprint density at radius 3 is 1.86 bits per heavy atom. The van der Waals surface area contributed by atoms with Gasteiger partial charge in [-0.3, -0.25) is 5.43 Å². The van der Waals surface area contributed by atoms with Crippen LogP contribution in [0.5, 0.6) is 0 Å². The Morgan fingerprint density at radius 1 is 0.554 bits per heavy atom. The lowest BCUT2D eigenvalue weighted by atomic mass is 10.0. The first-order valence-electron chi connectivity index (χ1n) is 19.4. The van der Waals surface area contributed by atoms with Crippen LogP contribution in [-0.2, 0) is 12.8 Å². The van der Waals surface area contributed by atoms with Crippen molar-refractivity contribution >= 4 is 90.7 Å². The van der Waals surface area contributed by atoms with Crippen LogP contribution < -0.4 is 21.5 Å². The van der Waals surface area contributed by atoms with Gasteiger partial charge in [0.2, 0.25) is 11.9 Å². The number of hydrazine groups is 1. The minimum Gasteiger partial charge on any atom is -0.368 e. The number of hydrogen-bond donors (Lipinski definition) is 3. The third kappa shape index (κ3) is 4.69. The van der Waals surface area contributed by atoms with Crippen molar-refractivity contribution in [1.82, 2.24) is 10.7 Å². The number of rotatable bonds is 4. The van der Waals surface area contributed by atoms with E-state index < -0.39 is 0 Å². The van der Waals surface area contributed by atoms with Gasteiger partial charge >= 0.3 is 0 Å². The maximum atomic E-state index is 7.05. The second-order valence-corrected chi connectivity index (χ2v) is 15.3. The van der Waals surface area contributed by atoms with E-state index in [1.165, 1.54) is 76.8 Å². The Bertz CT molecular complexity index is 3100. The van der Waals surface area contributed by atoms with E-state index in [0.717, 1.165) is 35.0 Å². The van der Waals surface area contributed by atoms with Crippen molar-refractivity contribution in [2.24, 2.45) is 15.7 Å². The van der Waals surface area contributed by atoms with Crippen molar-refractivity contribution in [3.05, 3.63) is 178 Å². The van der Waals surface area contributed by atoms with Crippen molar-refractivity contribution < 1.29 is 0 Å². The van der Waals surface area contributed by atoms with E-state index in [4.69, 9.17) is 15.7 Å². The molecule has 0 saturated carbocycles. The van der Waals surface area contributed by atoms with Crippen molar-refractivity contribution in [3.8, 4) is 0 Å². The molecule has 0 spiro atoms. The first kappa shape index (κ1) is 31.2. The third-order valence-electron chi connectivity index (χ3n) is 12.2. The Morgan fingerprint density at radius 2 is 1.12 bits per heavy atom. The molecule has 0 bridgehead atoms. The molecule has 8 aromatic carbocycles. The van der Waals surface area contributed by atoms with Gasteiger partial charge in [0.1, 0.15) is 0 Å². The van der Waals surface area contributed by atoms with Crippen LogP contribution in [0.25, 0.3) is 67.4 Å². The second kappa shape index (κ2) is 11.9. The average molecular weight is 721 g/mol. The minimum absolute atomic E-state index is 0.0145. The summed E-state index contributed by atoms with van der Waals surface area (Å²) in [5, 5.41) is 15.8. The summed E-state index contributed by atoms with van der Waals surface area (Å²) in [4.78, 5) is 10.8. The molecule has 0 radical (unpaired) electrons. The van der Waals surface area contributed by atoms with E-state index in [1.807, 2.05) is 5.01 Å². The highest BCUT2D eigenvalue weighted by molar-refractivity contribution is 6.14. The first-order chi connectivity index (χ1) is 27.6. The number of nitrogens with zero attached hydrogens (tertiary/aromatic N) is 3. The molecule has 0 aromatic heterocycles. The van der Waals surface area contributed by atoms with Crippen LogP contribution in [0, 0.1) is 0 Å². The fraction of sp³-hybridized carbons (Fsp3) is 0.0800. The molecule has 8 aromatic rings. The summed E-state index contributed by atoms with van der Waals surface area (Å²) in [6, 6.07) is 47.7. The Kier molecular flexibility index (Phi) is 6.63. The zero-order valence-corrected chi connectivity index (χ0v) is 30.5. The van der Waals surface area contributed by atoms with Gasteiger partial charge in [-0.05, 0) is 102 Å². The Balaban J connectivity index is 1.04. The number of nitrogens with two attached hydrogens (primary N) is 1. The molecule has 6 heteroatoms. The Hall–Kier alpha value is -7.18. The fourth-order valence-electron chi connectivity index (χ4n) is 9.76. The standard InChI is InChI=1S/C50H36N6/c51-49(52-41-25-23-33-21-19-31-11-5-15-37(41)45(31)33)55-56(44-26-24-34-22-20-32-12-6-18-40(44)46(32)34)50(53-42-27-35-13-1-7-29-9-3-16-38(42)47(29)35)54-43-28-36-14-2-8-30-10-4-17-39(43)48(30)36/h1-26,42-43H,27-28H2,(H,53,54)(H3,51,52,55). The summed E-state index contributed by atoms with van der Waals surface area (Å²) in [7, 11) is 0. The van der Waals surface area contributed by atoms with Gasteiger partial charge in [0.15, 0.2) is 0 Å². The quantitative estimate of drug-likeness (QED) is 0.0961. The molecule has 266 valence electrons. The summed E-state index contributed by atoms with van der Waals surface area (Å²) in [5.41, 5.74) is 22.4. The van der Waals surface area contributed by atoms with Crippen molar-refractivity contribution in [1.29, 1.82) is 0 Å². The molecule has 2 atom stereocenters. The fourth-order valence-corrected chi connectivity index (χ4v) is 9.76. The van der Waals surface area contributed by atoms with E-state index in [1.54, 1.807) is 0 Å². The van der Waals surface area contributed by atoms with Crippen LogP contribution in [0.2, 0.25) is 0 Å². The lowest BCUT2D eigenvalue weighted by Crippen LogP contribution is -2.55. The zero-order chi connectivity index (χ0) is 36.9.